The van der Waals surface area contributed by atoms with Gasteiger partial charge in [0.15, 0.2) is 0 Å². The van der Waals surface area contributed by atoms with E-state index in [4.69, 9.17) is 4.74 Å². The second kappa shape index (κ2) is 9.84. The van der Waals surface area contributed by atoms with Gasteiger partial charge in [-0.2, -0.15) is 0 Å². The minimum atomic E-state index is -3.72. The Morgan fingerprint density at radius 2 is 1.79 bits per heavy atom. The molecule has 1 fully saturated rings. The first kappa shape index (κ1) is 21.3. The number of amides is 1. The van der Waals surface area contributed by atoms with Crippen LogP contribution in [0.25, 0.3) is 0 Å². The van der Waals surface area contributed by atoms with E-state index in [2.05, 4.69) is 21.9 Å². The predicted octanol–water partition coefficient (Wildman–Crippen LogP) is 3.21. The van der Waals surface area contributed by atoms with Crippen LogP contribution in [0, 0.1) is 5.92 Å². The van der Waals surface area contributed by atoms with Gasteiger partial charge in [0.2, 0.25) is 0 Å². The van der Waals surface area contributed by atoms with E-state index in [0.29, 0.717) is 30.3 Å². The number of hydrogen-bond acceptors (Lipinski definition) is 5. The molecule has 0 unspecified atom stereocenters. The van der Waals surface area contributed by atoms with Crippen LogP contribution in [0.3, 0.4) is 0 Å². The minimum Gasteiger partial charge on any atom is -0.376 e. The molecule has 1 aliphatic carbocycles. The van der Waals surface area contributed by atoms with Crippen LogP contribution >= 0.6 is 0 Å². The standard InChI is InChI=1S/C21H27N3O4S/c1-16-4-2-3-5-20(16)28-15-14-23-21(25)17-6-8-19(9-7-17)29(26,27)24-18-10-12-22-13-11-18/h6-13,16,20H,2-5,14-15H2,1H3,(H,22,24)(H,23,25)/t16-,20-/m0/s1. The quantitative estimate of drug-likeness (QED) is 0.643. The molecular formula is C21H27N3O4S. The summed E-state index contributed by atoms with van der Waals surface area (Å²) in [6.45, 7) is 3.11. The van der Waals surface area contributed by atoms with E-state index in [0.717, 1.165) is 6.42 Å². The van der Waals surface area contributed by atoms with E-state index < -0.39 is 10.0 Å². The number of carbonyl (C=O) groups excluding carboxylic acids is 1. The zero-order valence-corrected chi connectivity index (χ0v) is 17.3. The molecule has 0 spiro atoms. The summed E-state index contributed by atoms with van der Waals surface area (Å²) in [7, 11) is -3.72. The largest absolute Gasteiger partial charge is 0.376 e. The van der Waals surface area contributed by atoms with Crippen molar-refractivity contribution in [2.75, 3.05) is 17.9 Å². The molecule has 2 atom stereocenters. The molecule has 3 rings (SSSR count). The molecule has 1 aromatic heterocycles. The maximum Gasteiger partial charge on any atom is 0.261 e. The normalized spacial score (nSPS) is 19.5. The number of rotatable bonds is 8. The minimum absolute atomic E-state index is 0.0838. The summed E-state index contributed by atoms with van der Waals surface area (Å²) in [5, 5.41) is 2.82. The number of aromatic nitrogens is 1. The van der Waals surface area contributed by atoms with Crippen molar-refractivity contribution in [2.24, 2.45) is 5.92 Å². The molecule has 0 bridgehead atoms. The summed E-state index contributed by atoms with van der Waals surface area (Å²) in [6, 6.07) is 8.96. The Morgan fingerprint density at radius 1 is 1.10 bits per heavy atom. The SMILES string of the molecule is C[C@H]1CCCC[C@@H]1OCCNC(=O)c1ccc(S(=O)(=O)Nc2ccncc2)cc1. The number of pyridine rings is 1. The average molecular weight is 418 g/mol. The highest BCUT2D eigenvalue weighted by Gasteiger charge is 2.21. The van der Waals surface area contributed by atoms with Crippen molar-refractivity contribution in [3.05, 3.63) is 54.4 Å². The molecule has 0 saturated heterocycles. The Hall–Kier alpha value is -2.45. The fraction of sp³-hybridized carbons (Fsp3) is 0.429. The van der Waals surface area contributed by atoms with Gasteiger partial charge in [0.05, 0.1) is 23.3 Å². The number of sulfonamides is 1. The van der Waals surface area contributed by atoms with Gasteiger partial charge in [-0.15, -0.1) is 0 Å². The van der Waals surface area contributed by atoms with Crippen LogP contribution < -0.4 is 10.0 Å². The average Bonchev–Trinajstić information content (AvgIpc) is 2.73. The maximum absolute atomic E-state index is 12.4. The highest BCUT2D eigenvalue weighted by atomic mass is 32.2. The first-order chi connectivity index (χ1) is 14.0. The molecule has 2 aromatic rings. The number of benzene rings is 1. The second-order valence-electron chi connectivity index (χ2n) is 7.29. The van der Waals surface area contributed by atoms with Gasteiger partial charge < -0.3 is 10.1 Å². The molecule has 7 nitrogen and oxygen atoms in total. The number of nitrogens with one attached hydrogen (secondary N) is 2. The number of ether oxygens (including phenoxy) is 1. The van der Waals surface area contributed by atoms with E-state index in [1.54, 1.807) is 12.1 Å². The van der Waals surface area contributed by atoms with Gasteiger partial charge in [0, 0.05) is 24.5 Å². The highest BCUT2D eigenvalue weighted by molar-refractivity contribution is 7.92. The van der Waals surface area contributed by atoms with Crippen LogP contribution in [-0.4, -0.2) is 38.6 Å². The molecule has 1 aromatic carbocycles. The molecule has 1 heterocycles. The van der Waals surface area contributed by atoms with Crippen LogP contribution in [0.5, 0.6) is 0 Å². The molecule has 2 N–H and O–H groups in total. The van der Waals surface area contributed by atoms with Crippen LogP contribution in [0.1, 0.15) is 43.0 Å². The molecule has 0 aliphatic heterocycles. The van der Waals surface area contributed by atoms with Gasteiger partial charge in [-0.3, -0.25) is 14.5 Å². The van der Waals surface area contributed by atoms with Crippen molar-refractivity contribution in [3.63, 3.8) is 0 Å². The molecule has 1 aliphatic rings. The summed E-state index contributed by atoms with van der Waals surface area (Å²) in [5.74, 6) is 0.311. The number of hydrogen-bond donors (Lipinski definition) is 2. The topological polar surface area (TPSA) is 97.4 Å². The summed E-state index contributed by atoms with van der Waals surface area (Å²) in [4.78, 5) is 16.2. The summed E-state index contributed by atoms with van der Waals surface area (Å²) >= 11 is 0. The van der Waals surface area contributed by atoms with Gasteiger partial charge in [-0.05, 0) is 55.2 Å². The molecule has 1 amide bonds. The van der Waals surface area contributed by atoms with Gasteiger partial charge in [0.25, 0.3) is 15.9 Å². The van der Waals surface area contributed by atoms with E-state index in [9.17, 15) is 13.2 Å². The third-order valence-electron chi connectivity index (χ3n) is 5.11. The lowest BCUT2D eigenvalue weighted by molar-refractivity contribution is -0.00293. The first-order valence-electron chi connectivity index (χ1n) is 9.88. The van der Waals surface area contributed by atoms with E-state index in [1.807, 2.05) is 0 Å². The maximum atomic E-state index is 12.4. The summed E-state index contributed by atoms with van der Waals surface area (Å²) in [6.07, 6.45) is 8.03. The summed E-state index contributed by atoms with van der Waals surface area (Å²) in [5.41, 5.74) is 0.827. The van der Waals surface area contributed by atoms with E-state index in [-0.39, 0.29) is 16.9 Å². The Bertz CT molecular complexity index is 901. The third kappa shape index (κ3) is 6.01. The number of anilines is 1. The van der Waals surface area contributed by atoms with Gasteiger partial charge in [-0.1, -0.05) is 19.8 Å². The van der Waals surface area contributed by atoms with Gasteiger partial charge in [-0.25, -0.2) is 8.42 Å². The van der Waals surface area contributed by atoms with Crippen molar-refractivity contribution in [3.8, 4) is 0 Å². The first-order valence-corrected chi connectivity index (χ1v) is 11.4. The zero-order chi connectivity index (χ0) is 20.7. The zero-order valence-electron chi connectivity index (χ0n) is 16.5. The molecule has 8 heteroatoms. The summed E-state index contributed by atoms with van der Waals surface area (Å²) < 4.78 is 33.2. The number of nitrogens with zero attached hydrogens (tertiary/aromatic N) is 1. The van der Waals surface area contributed by atoms with Crippen molar-refractivity contribution >= 4 is 21.6 Å². The van der Waals surface area contributed by atoms with Crippen LogP contribution in [0.4, 0.5) is 5.69 Å². The highest BCUT2D eigenvalue weighted by Crippen LogP contribution is 2.26. The van der Waals surface area contributed by atoms with Crippen molar-refractivity contribution < 1.29 is 17.9 Å². The molecule has 1 saturated carbocycles. The van der Waals surface area contributed by atoms with Crippen LogP contribution in [0.2, 0.25) is 0 Å². The van der Waals surface area contributed by atoms with Crippen LogP contribution in [0.15, 0.2) is 53.7 Å². The Balaban J connectivity index is 1.49. The van der Waals surface area contributed by atoms with Crippen molar-refractivity contribution in [2.45, 2.75) is 43.6 Å². The lowest BCUT2D eigenvalue weighted by atomic mass is 9.88. The molecular weight excluding hydrogens is 390 g/mol. The van der Waals surface area contributed by atoms with E-state index >= 15 is 0 Å². The lowest BCUT2D eigenvalue weighted by Gasteiger charge is -2.28. The van der Waals surface area contributed by atoms with Gasteiger partial charge >= 0.3 is 0 Å². The van der Waals surface area contributed by atoms with Crippen molar-refractivity contribution in [1.82, 2.24) is 10.3 Å². The fourth-order valence-corrected chi connectivity index (χ4v) is 4.48. The number of carbonyl (C=O) groups is 1. The third-order valence-corrected chi connectivity index (χ3v) is 6.51. The van der Waals surface area contributed by atoms with E-state index in [1.165, 1.54) is 55.9 Å². The predicted molar refractivity (Wildman–Crippen MR) is 111 cm³/mol. The molecule has 156 valence electrons. The van der Waals surface area contributed by atoms with Crippen molar-refractivity contribution in [1.29, 1.82) is 0 Å². The van der Waals surface area contributed by atoms with Gasteiger partial charge in [0.1, 0.15) is 0 Å². The second-order valence-corrected chi connectivity index (χ2v) is 8.98. The lowest BCUT2D eigenvalue weighted by Crippen LogP contribution is -2.31. The Morgan fingerprint density at radius 3 is 2.48 bits per heavy atom. The Kier molecular flexibility index (Phi) is 7.22. The smallest absolute Gasteiger partial charge is 0.261 e. The monoisotopic (exact) mass is 417 g/mol. The van der Waals surface area contributed by atoms with Crippen LogP contribution in [-0.2, 0) is 14.8 Å². The molecule has 0 radical (unpaired) electrons. The molecule has 29 heavy (non-hydrogen) atoms. The Labute approximate surface area is 171 Å². The fourth-order valence-electron chi connectivity index (χ4n) is 3.43.